The molecule has 1 N–H and O–H groups in total. The van der Waals surface area contributed by atoms with Gasteiger partial charge >= 0.3 is 0 Å². The molecular formula is C24H30N4OS. The van der Waals surface area contributed by atoms with Gasteiger partial charge in [-0.05, 0) is 43.2 Å². The van der Waals surface area contributed by atoms with Gasteiger partial charge in [-0.25, -0.2) is 0 Å². The molecule has 1 aromatic carbocycles. The molecule has 2 aromatic rings. The van der Waals surface area contributed by atoms with E-state index in [1.165, 1.54) is 21.6 Å². The summed E-state index contributed by atoms with van der Waals surface area (Å²) in [4.78, 5) is 18.6. The Labute approximate surface area is 183 Å². The number of nitrogens with one attached hydrogen (secondary N) is 1. The number of aryl methyl sites for hydroxylation is 1. The predicted octanol–water partition coefficient (Wildman–Crippen LogP) is 3.81. The molecule has 5 nitrogen and oxygen atoms in total. The Balaban J connectivity index is 1.28. The number of fused-ring (bicyclic) bond motifs is 1. The number of rotatable bonds is 5. The average molecular weight is 423 g/mol. The molecule has 6 heteroatoms. The van der Waals surface area contributed by atoms with Crippen LogP contribution in [-0.4, -0.2) is 48.4 Å². The van der Waals surface area contributed by atoms with E-state index < -0.39 is 0 Å². The Morgan fingerprint density at radius 2 is 1.90 bits per heavy atom. The summed E-state index contributed by atoms with van der Waals surface area (Å²) in [6.07, 6.45) is 3.10. The molecule has 0 radical (unpaired) electrons. The average Bonchev–Trinajstić information content (AvgIpc) is 3.06. The van der Waals surface area contributed by atoms with Crippen molar-refractivity contribution in [1.29, 1.82) is 5.26 Å². The van der Waals surface area contributed by atoms with Gasteiger partial charge in [-0.3, -0.25) is 14.6 Å². The maximum atomic E-state index is 12.7. The molecule has 1 amide bonds. The summed E-state index contributed by atoms with van der Waals surface area (Å²) in [5.74, 6) is 0.646. The van der Waals surface area contributed by atoms with Crippen molar-refractivity contribution >= 4 is 22.2 Å². The van der Waals surface area contributed by atoms with Gasteiger partial charge in [-0.15, -0.1) is 11.3 Å². The van der Waals surface area contributed by atoms with Crippen LogP contribution >= 0.6 is 11.3 Å². The van der Waals surface area contributed by atoms with Crippen LogP contribution in [0.5, 0.6) is 0 Å². The van der Waals surface area contributed by atoms with E-state index in [9.17, 15) is 10.1 Å². The highest BCUT2D eigenvalue weighted by Gasteiger charge is 2.25. The summed E-state index contributed by atoms with van der Waals surface area (Å²) >= 11 is 1.60. The standard InChI is InChI=1S/C24H30N4OS/c1-17-3-6-19(7-4-17)15-27-9-11-28(12-10-27)16-23(29)26-24-21(14-25)20-8-5-18(2)13-22(20)30-24/h3-4,6-7,18H,5,8-13,15-16H2,1-2H3,(H,26,29)/t18-/m0/s1. The molecule has 1 saturated heterocycles. The Morgan fingerprint density at radius 1 is 1.20 bits per heavy atom. The highest BCUT2D eigenvalue weighted by Crippen LogP contribution is 2.39. The van der Waals surface area contributed by atoms with Crippen LogP contribution in [-0.2, 0) is 24.2 Å². The minimum Gasteiger partial charge on any atom is -0.315 e. The molecular weight excluding hydrogens is 392 g/mol. The lowest BCUT2D eigenvalue weighted by molar-refractivity contribution is -0.117. The first kappa shape index (κ1) is 21.0. The zero-order valence-corrected chi connectivity index (χ0v) is 18.7. The molecule has 2 aliphatic rings. The van der Waals surface area contributed by atoms with Crippen LogP contribution in [0.25, 0.3) is 0 Å². The fourth-order valence-electron chi connectivity index (χ4n) is 4.38. The van der Waals surface area contributed by atoms with Crippen LogP contribution in [0.3, 0.4) is 0 Å². The number of amides is 1. The molecule has 1 aromatic heterocycles. The van der Waals surface area contributed by atoms with E-state index in [0.29, 0.717) is 18.0 Å². The first-order valence-corrected chi connectivity index (χ1v) is 11.7. The summed E-state index contributed by atoms with van der Waals surface area (Å²) < 4.78 is 0. The Kier molecular flexibility index (Phi) is 6.52. The molecule has 4 rings (SSSR count). The van der Waals surface area contributed by atoms with Gasteiger partial charge in [0.25, 0.3) is 0 Å². The van der Waals surface area contributed by atoms with Crippen molar-refractivity contribution in [2.75, 3.05) is 38.0 Å². The maximum Gasteiger partial charge on any atom is 0.239 e. The molecule has 1 aliphatic carbocycles. The number of thiophene rings is 1. The van der Waals surface area contributed by atoms with Crippen molar-refractivity contribution in [2.24, 2.45) is 5.92 Å². The number of hydrogen-bond donors (Lipinski definition) is 1. The second kappa shape index (κ2) is 9.30. The summed E-state index contributed by atoms with van der Waals surface area (Å²) in [6.45, 7) is 9.44. The normalized spacial score (nSPS) is 19.8. The van der Waals surface area contributed by atoms with Crippen LogP contribution in [0.1, 0.15) is 40.5 Å². The number of carbonyl (C=O) groups is 1. The molecule has 0 unspecified atom stereocenters. The summed E-state index contributed by atoms with van der Waals surface area (Å²) in [5.41, 5.74) is 4.49. The van der Waals surface area contributed by atoms with Gasteiger partial charge in [-0.2, -0.15) is 5.26 Å². The summed E-state index contributed by atoms with van der Waals surface area (Å²) in [6, 6.07) is 11.1. The zero-order valence-electron chi connectivity index (χ0n) is 17.9. The fourth-order valence-corrected chi connectivity index (χ4v) is 5.76. The SMILES string of the molecule is Cc1ccc(CN2CCN(CC(=O)Nc3sc4c(c3C#N)CC[C@H](C)C4)CC2)cc1. The lowest BCUT2D eigenvalue weighted by atomic mass is 9.89. The molecule has 1 atom stereocenters. The van der Waals surface area contributed by atoms with Gasteiger partial charge in [-0.1, -0.05) is 36.8 Å². The third-order valence-electron chi connectivity index (χ3n) is 6.24. The van der Waals surface area contributed by atoms with Gasteiger partial charge < -0.3 is 5.32 Å². The maximum absolute atomic E-state index is 12.7. The molecule has 0 spiro atoms. The number of anilines is 1. The minimum atomic E-state index is -0.00914. The number of nitriles is 1. The van der Waals surface area contributed by atoms with Gasteiger partial charge in [0.2, 0.25) is 5.91 Å². The second-order valence-corrected chi connectivity index (χ2v) is 9.86. The lowest BCUT2D eigenvalue weighted by Gasteiger charge is -2.34. The molecule has 30 heavy (non-hydrogen) atoms. The quantitative estimate of drug-likeness (QED) is 0.796. The first-order chi connectivity index (χ1) is 14.5. The van der Waals surface area contributed by atoms with E-state index in [4.69, 9.17) is 0 Å². The Hall–Kier alpha value is -2.20. The van der Waals surface area contributed by atoms with Gasteiger partial charge in [0.15, 0.2) is 0 Å². The van der Waals surface area contributed by atoms with Gasteiger partial charge in [0.05, 0.1) is 12.1 Å². The first-order valence-electron chi connectivity index (χ1n) is 10.9. The number of hydrogen-bond acceptors (Lipinski definition) is 5. The molecule has 2 heterocycles. The van der Waals surface area contributed by atoms with Crippen molar-refractivity contribution in [3.8, 4) is 6.07 Å². The monoisotopic (exact) mass is 422 g/mol. The van der Waals surface area contributed by atoms with Crippen molar-refractivity contribution in [3.05, 3.63) is 51.4 Å². The van der Waals surface area contributed by atoms with E-state index in [2.05, 4.69) is 59.3 Å². The molecule has 0 bridgehead atoms. The molecule has 0 saturated carbocycles. The molecule has 1 fully saturated rings. The Morgan fingerprint density at radius 3 is 2.60 bits per heavy atom. The molecule has 158 valence electrons. The van der Waals surface area contributed by atoms with Crippen molar-refractivity contribution in [1.82, 2.24) is 9.80 Å². The van der Waals surface area contributed by atoms with Crippen molar-refractivity contribution in [2.45, 2.75) is 39.7 Å². The fraction of sp³-hybridized carbons (Fsp3) is 0.500. The number of nitrogens with zero attached hydrogens (tertiary/aromatic N) is 3. The minimum absolute atomic E-state index is 0.00914. The van der Waals surface area contributed by atoms with E-state index in [1.54, 1.807) is 11.3 Å². The summed E-state index contributed by atoms with van der Waals surface area (Å²) in [5, 5.41) is 13.4. The van der Waals surface area contributed by atoms with Gasteiger partial charge in [0.1, 0.15) is 11.1 Å². The Bertz CT molecular complexity index is 935. The smallest absolute Gasteiger partial charge is 0.239 e. The van der Waals surface area contributed by atoms with Crippen LogP contribution in [0.2, 0.25) is 0 Å². The highest BCUT2D eigenvalue weighted by molar-refractivity contribution is 7.16. The largest absolute Gasteiger partial charge is 0.315 e. The van der Waals surface area contributed by atoms with Crippen LogP contribution in [0.15, 0.2) is 24.3 Å². The highest BCUT2D eigenvalue weighted by atomic mass is 32.1. The number of benzene rings is 1. The van der Waals surface area contributed by atoms with E-state index in [0.717, 1.165) is 57.0 Å². The molecule has 1 aliphatic heterocycles. The van der Waals surface area contributed by atoms with E-state index in [-0.39, 0.29) is 5.91 Å². The van der Waals surface area contributed by atoms with E-state index >= 15 is 0 Å². The second-order valence-electron chi connectivity index (χ2n) is 8.75. The van der Waals surface area contributed by atoms with Crippen molar-refractivity contribution in [3.63, 3.8) is 0 Å². The topological polar surface area (TPSA) is 59.4 Å². The summed E-state index contributed by atoms with van der Waals surface area (Å²) in [7, 11) is 0. The third kappa shape index (κ3) is 4.92. The van der Waals surface area contributed by atoms with Crippen LogP contribution < -0.4 is 5.32 Å². The van der Waals surface area contributed by atoms with Gasteiger partial charge in [0, 0.05) is 37.6 Å². The van der Waals surface area contributed by atoms with Crippen molar-refractivity contribution < 1.29 is 4.79 Å². The van der Waals surface area contributed by atoms with E-state index in [1.807, 2.05) is 0 Å². The predicted molar refractivity (Wildman–Crippen MR) is 122 cm³/mol. The van der Waals surface area contributed by atoms with Crippen LogP contribution in [0.4, 0.5) is 5.00 Å². The number of carbonyl (C=O) groups excluding carboxylic acids is 1. The third-order valence-corrected chi connectivity index (χ3v) is 7.41. The zero-order chi connectivity index (χ0) is 21.1. The van der Waals surface area contributed by atoms with Crippen LogP contribution in [0, 0.1) is 24.2 Å². The lowest BCUT2D eigenvalue weighted by Crippen LogP contribution is -2.48. The number of piperazine rings is 1.